The first kappa shape index (κ1) is 30.3. The maximum absolute atomic E-state index is 13.9. The molecule has 0 N–H and O–H groups in total. The van der Waals surface area contributed by atoms with Gasteiger partial charge in [0.05, 0.1) is 22.8 Å². The van der Waals surface area contributed by atoms with Crippen LogP contribution in [0.5, 0.6) is 0 Å². The first-order valence-corrected chi connectivity index (χ1v) is 12.8. The van der Waals surface area contributed by atoms with Crippen LogP contribution in [0.15, 0.2) is 60.7 Å². The average molecular weight is 570 g/mol. The second-order valence-corrected chi connectivity index (χ2v) is 9.55. The smallest absolute Gasteiger partial charge is 0.422 e. The Kier molecular flexibility index (Phi) is 10.0. The van der Waals surface area contributed by atoms with Crippen LogP contribution in [-0.4, -0.2) is 36.2 Å². The van der Waals surface area contributed by atoms with Crippen molar-refractivity contribution < 1.29 is 37.8 Å². The molecule has 0 fully saturated rings. The SMILES string of the molecule is CC(=O)OC(C)CC(=O)OC(C)OC(=O)N(c1ccc(C(=O)c2ccccc2C)c(Cl)c1)c1ccc(F)cc1C. The molecule has 3 aromatic rings. The molecule has 0 aliphatic rings. The van der Waals surface area contributed by atoms with Crippen LogP contribution in [0.25, 0.3) is 0 Å². The number of hydrogen-bond acceptors (Lipinski definition) is 7. The van der Waals surface area contributed by atoms with Crippen molar-refractivity contribution in [2.75, 3.05) is 4.90 Å². The number of ketones is 1. The van der Waals surface area contributed by atoms with Crippen molar-refractivity contribution in [3.8, 4) is 0 Å². The van der Waals surface area contributed by atoms with Crippen molar-refractivity contribution in [1.82, 2.24) is 0 Å². The van der Waals surface area contributed by atoms with Crippen LogP contribution in [-0.2, 0) is 23.8 Å². The lowest BCUT2D eigenvalue weighted by Crippen LogP contribution is -2.32. The van der Waals surface area contributed by atoms with Crippen LogP contribution in [0.4, 0.5) is 20.6 Å². The first-order chi connectivity index (χ1) is 18.9. The number of halogens is 2. The number of nitrogens with zero attached hydrogens (tertiary/aromatic N) is 1. The molecule has 0 spiro atoms. The molecule has 0 aliphatic carbocycles. The predicted octanol–water partition coefficient (Wildman–Crippen LogP) is 6.83. The molecule has 0 radical (unpaired) electrons. The van der Waals surface area contributed by atoms with Crippen LogP contribution in [0.2, 0.25) is 5.02 Å². The molecule has 210 valence electrons. The number of ether oxygens (including phenoxy) is 3. The van der Waals surface area contributed by atoms with Crippen molar-refractivity contribution in [3.63, 3.8) is 0 Å². The van der Waals surface area contributed by atoms with E-state index in [2.05, 4.69) is 0 Å². The minimum atomic E-state index is -1.31. The monoisotopic (exact) mass is 569 g/mol. The second-order valence-electron chi connectivity index (χ2n) is 9.14. The van der Waals surface area contributed by atoms with Crippen LogP contribution >= 0.6 is 11.6 Å². The zero-order valence-corrected chi connectivity index (χ0v) is 23.5. The van der Waals surface area contributed by atoms with Crippen molar-refractivity contribution >= 4 is 46.8 Å². The summed E-state index contributed by atoms with van der Waals surface area (Å²) in [6.07, 6.45) is -3.23. The van der Waals surface area contributed by atoms with E-state index in [1.54, 1.807) is 19.1 Å². The number of carbonyl (C=O) groups is 4. The lowest BCUT2D eigenvalue weighted by molar-refractivity contribution is -0.168. The van der Waals surface area contributed by atoms with E-state index in [0.29, 0.717) is 11.1 Å². The third-order valence-electron chi connectivity index (χ3n) is 5.81. The molecule has 40 heavy (non-hydrogen) atoms. The lowest BCUT2D eigenvalue weighted by atomic mass is 9.99. The standard InChI is InChI=1S/C30H29ClFNO7/c1-17-8-6-7-9-24(17)29(36)25-12-11-23(16-26(25)31)33(27-13-10-22(32)14-18(27)2)30(37)40-21(5)39-28(35)15-19(3)38-20(4)34/h6-14,16,19,21H,15H2,1-5H3. The van der Waals surface area contributed by atoms with E-state index in [4.69, 9.17) is 25.8 Å². The molecule has 8 nitrogen and oxygen atoms in total. The Bertz CT molecular complexity index is 1440. The number of esters is 2. The van der Waals surface area contributed by atoms with Gasteiger partial charge in [0.2, 0.25) is 6.29 Å². The second kappa shape index (κ2) is 13.2. The van der Waals surface area contributed by atoms with Gasteiger partial charge >= 0.3 is 18.0 Å². The quantitative estimate of drug-likeness (QED) is 0.158. The minimum Gasteiger partial charge on any atom is -0.462 e. The topological polar surface area (TPSA) is 99.2 Å². The number of rotatable bonds is 9. The molecule has 0 saturated heterocycles. The normalized spacial score (nSPS) is 12.2. The molecule has 0 heterocycles. The molecule has 0 aromatic heterocycles. The highest BCUT2D eigenvalue weighted by molar-refractivity contribution is 6.35. The highest BCUT2D eigenvalue weighted by atomic mass is 35.5. The molecule has 0 saturated carbocycles. The molecule has 1 amide bonds. The van der Waals surface area contributed by atoms with Gasteiger partial charge in [0.15, 0.2) is 5.78 Å². The van der Waals surface area contributed by atoms with Crippen molar-refractivity contribution in [2.24, 2.45) is 0 Å². The van der Waals surface area contributed by atoms with Gasteiger partial charge in [0.1, 0.15) is 11.9 Å². The van der Waals surface area contributed by atoms with Crippen molar-refractivity contribution in [3.05, 3.63) is 93.8 Å². The average Bonchev–Trinajstić information content (AvgIpc) is 2.84. The minimum absolute atomic E-state index is 0.0854. The number of carbonyl (C=O) groups excluding carboxylic acids is 4. The van der Waals surface area contributed by atoms with Crippen LogP contribution in [0, 0.1) is 19.7 Å². The van der Waals surface area contributed by atoms with Crippen LogP contribution in [0.3, 0.4) is 0 Å². The summed E-state index contributed by atoms with van der Waals surface area (Å²) in [7, 11) is 0. The molecule has 0 aliphatic heterocycles. The van der Waals surface area contributed by atoms with E-state index in [0.717, 1.165) is 10.5 Å². The fraction of sp³-hybridized carbons (Fsp3) is 0.267. The van der Waals surface area contributed by atoms with E-state index < -0.39 is 36.2 Å². The van der Waals surface area contributed by atoms with E-state index >= 15 is 0 Å². The highest BCUT2D eigenvalue weighted by Crippen LogP contribution is 2.34. The fourth-order valence-corrected chi connectivity index (χ4v) is 4.28. The molecular formula is C30H29ClFNO7. The largest absolute Gasteiger partial charge is 0.462 e. The van der Waals surface area contributed by atoms with Crippen molar-refractivity contribution in [2.45, 2.75) is 53.4 Å². The zero-order valence-electron chi connectivity index (χ0n) is 22.7. The van der Waals surface area contributed by atoms with Gasteiger partial charge in [-0.05, 0) is 68.3 Å². The van der Waals surface area contributed by atoms with Gasteiger partial charge in [-0.3, -0.25) is 14.4 Å². The summed E-state index contributed by atoms with van der Waals surface area (Å²) in [6, 6.07) is 15.3. The van der Waals surface area contributed by atoms with E-state index in [9.17, 15) is 23.6 Å². The van der Waals surface area contributed by atoms with Crippen LogP contribution in [0.1, 0.15) is 54.2 Å². The Hall–Kier alpha value is -4.24. The van der Waals surface area contributed by atoms with Gasteiger partial charge in [-0.25, -0.2) is 14.1 Å². The third kappa shape index (κ3) is 7.66. The summed E-state index contributed by atoms with van der Waals surface area (Å²) < 4.78 is 29.3. The number of benzene rings is 3. The fourth-order valence-electron chi connectivity index (χ4n) is 4.02. The van der Waals surface area contributed by atoms with Crippen molar-refractivity contribution in [1.29, 1.82) is 0 Å². The highest BCUT2D eigenvalue weighted by Gasteiger charge is 2.27. The Morgan fingerprint density at radius 3 is 2.20 bits per heavy atom. The first-order valence-electron chi connectivity index (χ1n) is 12.4. The molecule has 0 bridgehead atoms. The van der Waals surface area contributed by atoms with E-state index in [-0.39, 0.29) is 34.2 Å². The van der Waals surface area contributed by atoms with Gasteiger partial charge in [-0.15, -0.1) is 0 Å². The molecule has 10 heteroatoms. The Labute approximate surface area is 236 Å². The number of hydrogen-bond donors (Lipinski definition) is 0. The summed E-state index contributed by atoms with van der Waals surface area (Å²) in [4.78, 5) is 50.9. The molecule has 3 rings (SSSR count). The van der Waals surface area contributed by atoms with Crippen LogP contribution < -0.4 is 4.90 Å². The van der Waals surface area contributed by atoms with Gasteiger partial charge in [0.25, 0.3) is 0 Å². The molecule has 2 atom stereocenters. The lowest BCUT2D eigenvalue weighted by Gasteiger charge is -2.26. The predicted molar refractivity (Wildman–Crippen MR) is 147 cm³/mol. The number of amides is 1. The number of aryl methyl sites for hydroxylation is 2. The van der Waals surface area contributed by atoms with E-state index in [1.165, 1.54) is 57.2 Å². The van der Waals surface area contributed by atoms with E-state index in [1.807, 2.05) is 19.1 Å². The van der Waals surface area contributed by atoms with Gasteiger partial charge in [0, 0.05) is 25.0 Å². The van der Waals surface area contributed by atoms with Gasteiger partial charge in [-0.1, -0.05) is 35.9 Å². The molecular weight excluding hydrogens is 541 g/mol. The molecule has 3 aromatic carbocycles. The summed E-state index contributed by atoms with van der Waals surface area (Å²) in [5, 5.41) is 0.0854. The zero-order chi connectivity index (χ0) is 29.6. The Morgan fingerprint density at radius 2 is 1.57 bits per heavy atom. The molecule has 2 unspecified atom stereocenters. The summed E-state index contributed by atoms with van der Waals surface area (Å²) >= 11 is 6.52. The Balaban J connectivity index is 1.89. The summed E-state index contributed by atoms with van der Waals surface area (Å²) in [6.45, 7) is 7.51. The summed E-state index contributed by atoms with van der Waals surface area (Å²) in [5.41, 5.74) is 2.42. The third-order valence-corrected chi connectivity index (χ3v) is 6.13. The van der Waals surface area contributed by atoms with Gasteiger partial charge in [-0.2, -0.15) is 0 Å². The van der Waals surface area contributed by atoms with Gasteiger partial charge < -0.3 is 14.2 Å². The maximum Gasteiger partial charge on any atom is 0.422 e. The summed E-state index contributed by atoms with van der Waals surface area (Å²) in [5.74, 6) is -2.09. The Morgan fingerprint density at radius 1 is 0.875 bits per heavy atom. The number of anilines is 2. The maximum atomic E-state index is 13.9.